The van der Waals surface area contributed by atoms with E-state index >= 15 is 0 Å². The summed E-state index contributed by atoms with van der Waals surface area (Å²) < 4.78 is 0. The molecule has 1 aliphatic rings. The highest BCUT2D eigenvalue weighted by Crippen LogP contribution is 2.06. The van der Waals surface area contributed by atoms with Crippen LogP contribution in [-0.4, -0.2) is 53.8 Å². The van der Waals surface area contributed by atoms with Crippen LogP contribution < -0.4 is 0 Å². The van der Waals surface area contributed by atoms with Crippen molar-refractivity contribution in [2.24, 2.45) is 5.92 Å². The molecule has 0 bridgehead atoms. The second-order valence-electron chi connectivity index (χ2n) is 4.01. The third kappa shape index (κ3) is 3.24. The molecule has 0 radical (unpaired) electrons. The summed E-state index contributed by atoms with van der Waals surface area (Å²) in [6.45, 7) is 8.84. The zero-order valence-corrected chi connectivity index (χ0v) is 10.6. The molecule has 0 aliphatic carbocycles. The van der Waals surface area contributed by atoms with Crippen LogP contribution in [0, 0.1) is 5.92 Å². The first-order chi connectivity index (χ1) is 6.65. The molecule has 3 nitrogen and oxygen atoms in total. The van der Waals surface area contributed by atoms with Crippen molar-refractivity contribution in [3.8, 4) is 0 Å². The molecule has 1 amide bonds. The Morgan fingerprint density at radius 3 is 2.29 bits per heavy atom. The van der Waals surface area contributed by atoms with E-state index in [4.69, 9.17) is 0 Å². The number of carbonyl (C=O) groups excluding carboxylic acids is 1. The van der Waals surface area contributed by atoms with Crippen LogP contribution in [0.25, 0.3) is 0 Å². The highest BCUT2D eigenvalue weighted by molar-refractivity contribution is 9.09. The number of hydrogen-bond acceptors (Lipinski definition) is 2. The van der Waals surface area contributed by atoms with Crippen molar-refractivity contribution >= 4 is 21.8 Å². The predicted octanol–water partition coefficient (Wildman–Crippen LogP) is 1.18. The second kappa shape index (κ2) is 5.71. The summed E-state index contributed by atoms with van der Waals surface area (Å²) in [7, 11) is 0. The van der Waals surface area contributed by atoms with Crippen LogP contribution in [0.1, 0.15) is 13.8 Å². The smallest absolute Gasteiger partial charge is 0.225 e. The minimum Gasteiger partial charge on any atom is -0.340 e. The van der Waals surface area contributed by atoms with Gasteiger partial charge in [-0.3, -0.25) is 9.69 Å². The molecule has 0 N–H and O–H groups in total. The average Bonchev–Trinajstić information content (AvgIpc) is 2.18. The van der Waals surface area contributed by atoms with E-state index in [1.165, 1.54) is 0 Å². The monoisotopic (exact) mass is 262 g/mol. The summed E-state index contributed by atoms with van der Waals surface area (Å²) in [6.07, 6.45) is 0. The second-order valence-corrected chi connectivity index (χ2v) is 4.80. The first-order valence-electron chi connectivity index (χ1n) is 5.22. The molecular formula is C10H19BrN2O. The zero-order chi connectivity index (χ0) is 10.6. The van der Waals surface area contributed by atoms with Crippen LogP contribution in [0.4, 0.5) is 0 Å². The normalized spacial score (nSPS) is 19.0. The Bertz CT molecular complexity index is 189. The molecule has 1 fully saturated rings. The van der Waals surface area contributed by atoms with Gasteiger partial charge in [0.2, 0.25) is 5.91 Å². The maximum Gasteiger partial charge on any atom is 0.225 e. The van der Waals surface area contributed by atoms with Gasteiger partial charge in [-0.25, -0.2) is 0 Å². The summed E-state index contributed by atoms with van der Waals surface area (Å²) in [6, 6.07) is 0. The maximum atomic E-state index is 11.7. The number of amides is 1. The molecule has 0 aromatic rings. The lowest BCUT2D eigenvalue weighted by molar-refractivity contribution is -0.136. The van der Waals surface area contributed by atoms with Gasteiger partial charge in [0.15, 0.2) is 0 Å². The largest absolute Gasteiger partial charge is 0.340 e. The number of halogens is 1. The highest BCUT2D eigenvalue weighted by Gasteiger charge is 2.21. The fraction of sp³-hybridized carbons (Fsp3) is 0.900. The molecule has 1 saturated heterocycles. The number of hydrogen-bond donors (Lipinski definition) is 0. The summed E-state index contributed by atoms with van der Waals surface area (Å²) in [4.78, 5) is 16.0. The summed E-state index contributed by atoms with van der Waals surface area (Å²) in [5.41, 5.74) is 0. The number of carbonyl (C=O) groups is 1. The fourth-order valence-corrected chi connectivity index (χ4v) is 2.18. The average molecular weight is 263 g/mol. The van der Waals surface area contributed by atoms with Gasteiger partial charge < -0.3 is 4.90 Å². The van der Waals surface area contributed by atoms with Gasteiger partial charge in [-0.05, 0) is 0 Å². The maximum absolute atomic E-state index is 11.7. The Kier molecular flexibility index (Phi) is 4.89. The van der Waals surface area contributed by atoms with E-state index in [9.17, 15) is 4.79 Å². The summed E-state index contributed by atoms with van der Waals surface area (Å²) in [5.74, 6) is 0.432. The number of nitrogens with zero attached hydrogens (tertiary/aromatic N) is 2. The fourth-order valence-electron chi connectivity index (χ4n) is 1.68. The zero-order valence-electron chi connectivity index (χ0n) is 9.00. The van der Waals surface area contributed by atoms with Crippen molar-refractivity contribution in [3.05, 3.63) is 0 Å². The van der Waals surface area contributed by atoms with Gasteiger partial charge in [0.05, 0.1) is 0 Å². The van der Waals surface area contributed by atoms with Gasteiger partial charge in [0.1, 0.15) is 0 Å². The molecule has 0 aromatic carbocycles. The first kappa shape index (κ1) is 12.0. The molecule has 0 atom stereocenters. The molecule has 14 heavy (non-hydrogen) atoms. The van der Waals surface area contributed by atoms with Crippen LogP contribution >= 0.6 is 15.9 Å². The van der Waals surface area contributed by atoms with Crippen LogP contribution in [0.2, 0.25) is 0 Å². The van der Waals surface area contributed by atoms with E-state index in [1.807, 2.05) is 18.7 Å². The van der Waals surface area contributed by atoms with Crippen molar-refractivity contribution in [3.63, 3.8) is 0 Å². The van der Waals surface area contributed by atoms with Crippen LogP contribution in [0.5, 0.6) is 0 Å². The molecule has 4 heteroatoms. The van der Waals surface area contributed by atoms with Gasteiger partial charge in [0.25, 0.3) is 0 Å². The molecule has 1 aliphatic heterocycles. The van der Waals surface area contributed by atoms with Gasteiger partial charge >= 0.3 is 0 Å². The van der Waals surface area contributed by atoms with Crippen LogP contribution in [-0.2, 0) is 4.79 Å². The Hall–Kier alpha value is -0.0900. The third-order valence-electron chi connectivity index (χ3n) is 2.58. The van der Waals surface area contributed by atoms with E-state index < -0.39 is 0 Å². The van der Waals surface area contributed by atoms with Crippen molar-refractivity contribution in [2.75, 3.05) is 38.1 Å². The van der Waals surface area contributed by atoms with E-state index in [2.05, 4.69) is 20.8 Å². The Balaban J connectivity index is 2.32. The number of rotatable bonds is 3. The molecule has 0 spiro atoms. The Morgan fingerprint density at radius 1 is 1.29 bits per heavy atom. The predicted molar refractivity (Wildman–Crippen MR) is 61.7 cm³/mol. The Morgan fingerprint density at radius 2 is 1.86 bits per heavy atom. The molecule has 0 saturated carbocycles. The van der Waals surface area contributed by atoms with Crippen molar-refractivity contribution in [2.45, 2.75) is 13.8 Å². The summed E-state index contributed by atoms with van der Waals surface area (Å²) in [5, 5.41) is 1.02. The van der Waals surface area contributed by atoms with E-state index in [1.54, 1.807) is 0 Å². The molecule has 82 valence electrons. The van der Waals surface area contributed by atoms with Crippen molar-refractivity contribution in [1.29, 1.82) is 0 Å². The lowest BCUT2D eigenvalue weighted by Gasteiger charge is -2.35. The lowest BCUT2D eigenvalue weighted by Crippen LogP contribution is -2.50. The molecule has 0 unspecified atom stereocenters. The van der Waals surface area contributed by atoms with Crippen molar-refractivity contribution < 1.29 is 4.79 Å². The minimum absolute atomic E-state index is 0.137. The van der Waals surface area contributed by atoms with Gasteiger partial charge in [-0.1, -0.05) is 29.8 Å². The Labute approximate surface area is 94.6 Å². The molecule has 0 aromatic heterocycles. The van der Waals surface area contributed by atoms with E-state index in [0.29, 0.717) is 5.91 Å². The van der Waals surface area contributed by atoms with Gasteiger partial charge in [-0.2, -0.15) is 0 Å². The standard InChI is InChI=1S/C10H19BrN2O/c1-9(2)10(14)13-7-5-12(4-3-11)6-8-13/h9H,3-8H2,1-2H3. The molecular weight excluding hydrogens is 244 g/mol. The quantitative estimate of drug-likeness (QED) is 0.714. The lowest BCUT2D eigenvalue weighted by atomic mass is 10.1. The van der Waals surface area contributed by atoms with Gasteiger partial charge in [-0.15, -0.1) is 0 Å². The number of alkyl halides is 1. The SMILES string of the molecule is CC(C)C(=O)N1CCN(CCBr)CC1. The van der Waals surface area contributed by atoms with E-state index in [-0.39, 0.29) is 5.92 Å². The van der Waals surface area contributed by atoms with E-state index in [0.717, 1.165) is 38.1 Å². The van der Waals surface area contributed by atoms with Crippen LogP contribution in [0.3, 0.4) is 0 Å². The minimum atomic E-state index is 0.137. The topological polar surface area (TPSA) is 23.6 Å². The molecule has 1 heterocycles. The molecule has 1 rings (SSSR count). The number of piperazine rings is 1. The van der Waals surface area contributed by atoms with Crippen LogP contribution in [0.15, 0.2) is 0 Å². The summed E-state index contributed by atoms with van der Waals surface area (Å²) >= 11 is 3.43. The first-order valence-corrected chi connectivity index (χ1v) is 6.34. The van der Waals surface area contributed by atoms with Crippen molar-refractivity contribution in [1.82, 2.24) is 9.80 Å². The highest BCUT2D eigenvalue weighted by atomic mass is 79.9. The third-order valence-corrected chi connectivity index (χ3v) is 2.93. The van der Waals surface area contributed by atoms with Gasteiger partial charge in [0, 0.05) is 44.0 Å².